The Labute approximate surface area is 219 Å². The number of nitrogens with one attached hydrogen (secondary N) is 1. The molecule has 6 rings (SSSR count). The smallest absolute Gasteiger partial charge is 0.327 e. The number of carbonyl (C=O) groups excluding carboxylic acids is 2. The molecule has 2 aliphatic heterocycles. The van der Waals surface area contributed by atoms with Gasteiger partial charge in [0.05, 0.1) is 24.1 Å². The average Bonchev–Trinajstić information content (AvgIpc) is 3.55. The molecule has 38 heavy (non-hydrogen) atoms. The summed E-state index contributed by atoms with van der Waals surface area (Å²) in [5.41, 5.74) is 2.31. The molecule has 194 valence electrons. The summed E-state index contributed by atoms with van der Waals surface area (Å²) in [6, 6.07) is 20.3. The lowest BCUT2D eigenvalue weighted by Crippen LogP contribution is -2.58. The SMILES string of the molecule is CCc1ccc(N2C(=O)C3C(c4ccc5c(c4)c4ccccc4n5CC)NC(CO)(C(=O)O)C3C2=O)cc1. The number of carboxylic acid groups (broad SMARTS) is 1. The lowest BCUT2D eigenvalue weighted by atomic mass is 9.79. The van der Waals surface area contributed by atoms with Crippen molar-refractivity contribution >= 4 is 45.3 Å². The molecule has 2 saturated heterocycles. The highest BCUT2D eigenvalue weighted by Crippen LogP contribution is 2.50. The van der Waals surface area contributed by atoms with Crippen LogP contribution < -0.4 is 10.2 Å². The molecule has 2 aliphatic rings. The minimum Gasteiger partial charge on any atom is -0.480 e. The van der Waals surface area contributed by atoms with Gasteiger partial charge in [-0.3, -0.25) is 19.7 Å². The van der Waals surface area contributed by atoms with Crippen molar-refractivity contribution in [2.24, 2.45) is 11.8 Å². The van der Waals surface area contributed by atoms with E-state index in [1.807, 2.05) is 55.5 Å². The summed E-state index contributed by atoms with van der Waals surface area (Å²) in [6.45, 7) is 4.05. The molecule has 0 aliphatic carbocycles. The fourth-order valence-corrected chi connectivity index (χ4v) is 6.44. The van der Waals surface area contributed by atoms with Crippen LogP contribution in [0.1, 0.15) is 31.0 Å². The van der Waals surface area contributed by atoms with Crippen molar-refractivity contribution in [2.75, 3.05) is 11.5 Å². The van der Waals surface area contributed by atoms with Crippen LogP contribution in [-0.4, -0.2) is 44.7 Å². The van der Waals surface area contributed by atoms with Crippen LogP contribution in [0.15, 0.2) is 66.7 Å². The summed E-state index contributed by atoms with van der Waals surface area (Å²) in [7, 11) is 0. The van der Waals surface area contributed by atoms with Gasteiger partial charge in [0, 0.05) is 34.4 Å². The van der Waals surface area contributed by atoms with Gasteiger partial charge in [-0.15, -0.1) is 0 Å². The van der Waals surface area contributed by atoms with Crippen molar-refractivity contribution in [1.82, 2.24) is 9.88 Å². The van der Waals surface area contributed by atoms with Gasteiger partial charge < -0.3 is 14.8 Å². The zero-order valence-electron chi connectivity index (χ0n) is 21.2. The molecule has 0 bridgehead atoms. The number of rotatable bonds is 6. The maximum atomic E-state index is 13.9. The highest BCUT2D eigenvalue weighted by Gasteiger charge is 2.68. The zero-order chi connectivity index (χ0) is 26.8. The van der Waals surface area contributed by atoms with E-state index in [2.05, 4.69) is 22.9 Å². The third-order valence-electron chi connectivity index (χ3n) is 8.36. The van der Waals surface area contributed by atoms with E-state index in [0.29, 0.717) is 11.3 Å². The van der Waals surface area contributed by atoms with Crippen molar-refractivity contribution in [3.05, 3.63) is 77.9 Å². The molecule has 4 unspecified atom stereocenters. The topological polar surface area (TPSA) is 112 Å². The van der Waals surface area contributed by atoms with Crippen LogP contribution in [0.25, 0.3) is 21.8 Å². The molecule has 3 aromatic carbocycles. The maximum absolute atomic E-state index is 13.9. The molecule has 0 saturated carbocycles. The Bertz CT molecular complexity index is 1610. The second-order valence-corrected chi connectivity index (χ2v) is 10.1. The van der Waals surface area contributed by atoms with Crippen molar-refractivity contribution in [3.8, 4) is 0 Å². The third-order valence-corrected chi connectivity index (χ3v) is 8.36. The molecule has 0 spiro atoms. The normalized spacial score (nSPS) is 25.0. The number of nitrogens with zero attached hydrogens (tertiary/aromatic N) is 2. The maximum Gasteiger partial charge on any atom is 0.327 e. The van der Waals surface area contributed by atoms with Gasteiger partial charge in [-0.05, 0) is 54.8 Å². The van der Waals surface area contributed by atoms with E-state index >= 15 is 0 Å². The quantitative estimate of drug-likeness (QED) is 0.341. The number of hydrogen-bond acceptors (Lipinski definition) is 5. The number of benzene rings is 3. The first-order valence-corrected chi connectivity index (χ1v) is 13.0. The fraction of sp³-hybridized carbons (Fsp3) is 0.300. The highest BCUT2D eigenvalue weighted by atomic mass is 16.4. The molecule has 2 amide bonds. The molecular weight excluding hydrogens is 482 g/mol. The molecular formula is C30H29N3O5. The predicted molar refractivity (Wildman–Crippen MR) is 144 cm³/mol. The second kappa shape index (κ2) is 8.79. The Hall–Kier alpha value is -4.01. The lowest BCUT2D eigenvalue weighted by Gasteiger charge is -2.29. The van der Waals surface area contributed by atoms with Crippen LogP contribution in [0.4, 0.5) is 5.69 Å². The Kier molecular flexibility index (Phi) is 5.63. The highest BCUT2D eigenvalue weighted by molar-refractivity contribution is 6.24. The molecule has 3 heterocycles. The predicted octanol–water partition coefficient (Wildman–Crippen LogP) is 3.64. The van der Waals surface area contributed by atoms with Crippen LogP contribution in [-0.2, 0) is 27.3 Å². The summed E-state index contributed by atoms with van der Waals surface area (Å²) < 4.78 is 2.21. The van der Waals surface area contributed by atoms with Crippen molar-refractivity contribution < 1.29 is 24.6 Å². The number of carbonyl (C=O) groups is 3. The van der Waals surface area contributed by atoms with E-state index in [9.17, 15) is 24.6 Å². The van der Waals surface area contributed by atoms with Gasteiger partial charge in [-0.1, -0.05) is 43.3 Å². The standard InChI is InChI=1S/C30H29N3O5/c1-3-17-9-12-19(13-10-17)33-27(35)24-25(28(33)36)30(16-34,29(37)38)31-26(24)18-11-14-23-21(15-18)20-7-5-6-8-22(20)32(23)4-2/h5-15,24-26,31,34H,3-4,16H2,1-2H3,(H,37,38). The number of aryl methyl sites for hydroxylation is 2. The van der Waals surface area contributed by atoms with Crippen molar-refractivity contribution in [2.45, 2.75) is 38.4 Å². The van der Waals surface area contributed by atoms with Gasteiger partial charge in [-0.2, -0.15) is 0 Å². The first-order chi connectivity index (χ1) is 18.4. The number of aromatic nitrogens is 1. The molecule has 3 N–H and O–H groups in total. The van der Waals surface area contributed by atoms with Crippen molar-refractivity contribution in [3.63, 3.8) is 0 Å². The molecule has 2 fully saturated rings. The number of carboxylic acids is 1. The summed E-state index contributed by atoms with van der Waals surface area (Å²) in [6.07, 6.45) is 0.809. The van der Waals surface area contributed by atoms with E-state index in [4.69, 9.17) is 0 Å². The fourth-order valence-electron chi connectivity index (χ4n) is 6.44. The molecule has 1 aromatic heterocycles. The summed E-state index contributed by atoms with van der Waals surface area (Å²) >= 11 is 0. The number of fused-ring (bicyclic) bond motifs is 4. The number of para-hydroxylation sites is 1. The number of aliphatic hydroxyl groups excluding tert-OH is 1. The number of hydrogen-bond donors (Lipinski definition) is 3. The minimum absolute atomic E-state index is 0.407. The Balaban J connectivity index is 1.50. The number of anilines is 1. The van der Waals surface area contributed by atoms with Gasteiger partial charge in [0.1, 0.15) is 0 Å². The van der Waals surface area contributed by atoms with Gasteiger partial charge >= 0.3 is 5.97 Å². The monoisotopic (exact) mass is 511 g/mol. The Morgan fingerprint density at radius 2 is 1.66 bits per heavy atom. The average molecular weight is 512 g/mol. The number of aliphatic hydroxyl groups is 1. The number of imide groups is 1. The molecule has 8 heteroatoms. The third kappa shape index (κ3) is 3.20. The van der Waals surface area contributed by atoms with Crippen LogP contribution in [0.3, 0.4) is 0 Å². The number of aliphatic carboxylic acids is 1. The van der Waals surface area contributed by atoms with E-state index in [1.165, 1.54) is 0 Å². The van der Waals surface area contributed by atoms with Crippen LogP contribution in [0.5, 0.6) is 0 Å². The van der Waals surface area contributed by atoms with Gasteiger partial charge in [0.2, 0.25) is 11.8 Å². The molecule has 0 radical (unpaired) electrons. The Morgan fingerprint density at radius 3 is 2.32 bits per heavy atom. The van der Waals surface area contributed by atoms with Crippen molar-refractivity contribution in [1.29, 1.82) is 0 Å². The first-order valence-electron chi connectivity index (χ1n) is 13.0. The van der Waals surface area contributed by atoms with Crippen LogP contribution >= 0.6 is 0 Å². The lowest BCUT2D eigenvalue weighted by molar-refractivity contribution is -0.150. The zero-order valence-corrected chi connectivity index (χ0v) is 21.2. The summed E-state index contributed by atoms with van der Waals surface area (Å²) in [5, 5.41) is 25.7. The molecule has 4 atom stereocenters. The number of amides is 2. The molecule has 8 nitrogen and oxygen atoms in total. The second-order valence-electron chi connectivity index (χ2n) is 10.1. The van der Waals surface area contributed by atoms with Crippen LogP contribution in [0, 0.1) is 11.8 Å². The van der Waals surface area contributed by atoms with Gasteiger partial charge in [0.15, 0.2) is 5.54 Å². The van der Waals surface area contributed by atoms with Gasteiger partial charge in [0.25, 0.3) is 0 Å². The molecule has 4 aromatic rings. The summed E-state index contributed by atoms with van der Waals surface area (Å²) in [5.74, 6) is -4.66. The van der Waals surface area contributed by atoms with E-state index < -0.39 is 47.8 Å². The van der Waals surface area contributed by atoms with E-state index in [-0.39, 0.29) is 0 Å². The van der Waals surface area contributed by atoms with E-state index in [0.717, 1.165) is 45.2 Å². The minimum atomic E-state index is -1.98. The van der Waals surface area contributed by atoms with Gasteiger partial charge in [-0.25, -0.2) is 4.90 Å². The van der Waals surface area contributed by atoms with E-state index in [1.54, 1.807) is 12.1 Å². The van der Waals surface area contributed by atoms with Crippen LogP contribution in [0.2, 0.25) is 0 Å². The first kappa shape index (κ1) is 24.3. The largest absolute Gasteiger partial charge is 0.480 e. The summed E-state index contributed by atoms with van der Waals surface area (Å²) in [4.78, 5) is 41.3. The Morgan fingerprint density at radius 1 is 0.947 bits per heavy atom.